The van der Waals surface area contributed by atoms with Gasteiger partial charge >= 0.3 is 0 Å². The first-order chi connectivity index (χ1) is 11.5. The summed E-state index contributed by atoms with van der Waals surface area (Å²) in [4.78, 5) is 12.5. The molecule has 0 aromatic heterocycles. The molecule has 5 heteroatoms. The van der Waals surface area contributed by atoms with Gasteiger partial charge in [0, 0.05) is 12.6 Å². The summed E-state index contributed by atoms with van der Waals surface area (Å²) in [6.07, 6.45) is 1.98. The van der Waals surface area contributed by atoms with Crippen LogP contribution in [0.25, 0.3) is 0 Å². The second-order valence-corrected chi connectivity index (χ2v) is 6.23. The van der Waals surface area contributed by atoms with Crippen molar-refractivity contribution < 1.29 is 13.6 Å². The molecule has 2 aromatic carbocycles. The average Bonchev–Trinajstić information content (AvgIpc) is 3.36. The van der Waals surface area contributed by atoms with E-state index in [1.807, 2.05) is 6.07 Å². The van der Waals surface area contributed by atoms with Gasteiger partial charge in [0.2, 0.25) is 5.91 Å². The molecule has 0 radical (unpaired) electrons. The second kappa shape index (κ2) is 7.09. The van der Waals surface area contributed by atoms with Crippen LogP contribution in [0.1, 0.15) is 35.6 Å². The van der Waals surface area contributed by atoms with Gasteiger partial charge in [-0.25, -0.2) is 8.78 Å². The number of amides is 1. The Balaban J connectivity index is 1.74. The van der Waals surface area contributed by atoms with Crippen LogP contribution in [0.15, 0.2) is 42.5 Å². The minimum absolute atomic E-state index is 0.142. The zero-order valence-corrected chi connectivity index (χ0v) is 13.5. The predicted molar refractivity (Wildman–Crippen MR) is 88.3 cm³/mol. The van der Waals surface area contributed by atoms with E-state index < -0.39 is 6.04 Å². The molecule has 0 heterocycles. The number of hydrogen-bond acceptors (Lipinski definition) is 2. The van der Waals surface area contributed by atoms with Gasteiger partial charge in [-0.1, -0.05) is 24.3 Å². The molecule has 0 spiro atoms. The lowest BCUT2D eigenvalue weighted by atomic mass is 10.0. The number of carbonyl (C=O) groups is 1. The van der Waals surface area contributed by atoms with Crippen LogP contribution in [0, 0.1) is 18.6 Å². The van der Waals surface area contributed by atoms with Gasteiger partial charge < -0.3 is 5.32 Å². The Hall–Kier alpha value is -2.27. The number of benzene rings is 2. The fourth-order valence-electron chi connectivity index (χ4n) is 2.50. The summed E-state index contributed by atoms with van der Waals surface area (Å²) in [6.45, 7) is 2.05. The molecule has 1 aliphatic rings. The lowest BCUT2D eigenvalue weighted by Gasteiger charge is -2.19. The van der Waals surface area contributed by atoms with Crippen LogP contribution >= 0.6 is 0 Å². The van der Waals surface area contributed by atoms with Crippen molar-refractivity contribution in [2.24, 2.45) is 0 Å². The first-order valence-corrected chi connectivity index (χ1v) is 8.07. The molecule has 1 fully saturated rings. The quantitative estimate of drug-likeness (QED) is 0.852. The van der Waals surface area contributed by atoms with Crippen molar-refractivity contribution in [1.29, 1.82) is 0 Å². The van der Waals surface area contributed by atoms with E-state index in [9.17, 15) is 13.6 Å². The number of halogens is 2. The summed E-state index contributed by atoms with van der Waals surface area (Å²) < 4.78 is 26.8. The van der Waals surface area contributed by atoms with Crippen LogP contribution in [0.5, 0.6) is 0 Å². The van der Waals surface area contributed by atoms with E-state index in [0.717, 1.165) is 18.4 Å². The molecule has 0 saturated heterocycles. The number of hydrogen-bond donors (Lipinski definition) is 2. The molecular weight excluding hydrogens is 310 g/mol. The van der Waals surface area contributed by atoms with Crippen molar-refractivity contribution in [2.45, 2.75) is 38.4 Å². The zero-order valence-electron chi connectivity index (χ0n) is 13.5. The molecule has 1 saturated carbocycles. The molecule has 2 N–H and O–H groups in total. The van der Waals surface area contributed by atoms with E-state index in [-0.39, 0.29) is 23.6 Å². The molecule has 126 valence electrons. The van der Waals surface area contributed by atoms with Crippen LogP contribution < -0.4 is 10.6 Å². The molecule has 0 unspecified atom stereocenters. The molecule has 1 atom stereocenters. The SMILES string of the molecule is Cc1ccc(CN[C@@H](C(=O)NC2CC2)c2ccc(F)cc2)cc1F. The molecule has 1 aliphatic carbocycles. The van der Waals surface area contributed by atoms with Gasteiger partial charge in [-0.2, -0.15) is 0 Å². The fraction of sp³-hybridized carbons (Fsp3) is 0.316. The lowest BCUT2D eigenvalue weighted by Crippen LogP contribution is -2.38. The van der Waals surface area contributed by atoms with E-state index in [2.05, 4.69) is 10.6 Å². The molecule has 0 bridgehead atoms. The smallest absolute Gasteiger partial charge is 0.241 e. The third kappa shape index (κ3) is 4.17. The van der Waals surface area contributed by atoms with Gasteiger partial charge in [-0.3, -0.25) is 10.1 Å². The van der Waals surface area contributed by atoms with Gasteiger partial charge in [0.05, 0.1) is 0 Å². The average molecular weight is 330 g/mol. The first-order valence-electron chi connectivity index (χ1n) is 8.07. The van der Waals surface area contributed by atoms with E-state index in [1.165, 1.54) is 18.2 Å². The molecule has 24 heavy (non-hydrogen) atoms. The highest BCUT2D eigenvalue weighted by atomic mass is 19.1. The molecule has 0 aliphatic heterocycles. The Morgan fingerprint density at radius 1 is 1.17 bits per heavy atom. The predicted octanol–water partition coefficient (Wildman–Crippen LogP) is 3.38. The largest absolute Gasteiger partial charge is 0.352 e. The van der Waals surface area contributed by atoms with Gasteiger partial charge in [-0.05, 0) is 54.7 Å². The summed E-state index contributed by atoms with van der Waals surface area (Å²) in [6, 6.07) is 10.5. The Labute approximate surface area is 140 Å². The molecule has 3 rings (SSSR count). The van der Waals surface area contributed by atoms with Crippen molar-refractivity contribution in [3.8, 4) is 0 Å². The van der Waals surface area contributed by atoms with Crippen molar-refractivity contribution in [1.82, 2.24) is 10.6 Å². The van der Waals surface area contributed by atoms with Crippen molar-refractivity contribution in [2.75, 3.05) is 0 Å². The van der Waals surface area contributed by atoms with Crippen molar-refractivity contribution in [3.05, 3.63) is 70.8 Å². The van der Waals surface area contributed by atoms with E-state index in [1.54, 1.807) is 25.1 Å². The molecule has 3 nitrogen and oxygen atoms in total. The van der Waals surface area contributed by atoms with Gasteiger partial charge in [-0.15, -0.1) is 0 Å². The minimum atomic E-state index is -0.601. The van der Waals surface area contributed by atoms with Crippen LogP contribution in [0.3, 0.4) is 0 Å². The topological polar surface area (TPSA) is 41.1 Å². The summed E-state index contributed by atoms with van der Waals surface area (Å²) in [5.41, 5.74) is 2.02. The summed E-state index contributed by atoms with van der Waals surface area (Å²) in [7, 11) is 0. The normalized spacial score (nSPS) is 15.1. The van der Waals surface area contributed by atoms with Crippen LogP contribution in [0.4, 0.5) is 8.78 Å². The third-order valence-electron chi connectivity index (χ3n) is 4.14. The molecular formula is C19H20F2N2O. The summed E-state index contributed by atoms with van der Waals surface area (Å²) in [5.74, 6) is -0.757. The summed E-state index contributed by atoms with van der Waals surface area (Å²) >= 11 is 0. The Morgan fingerprint density at radius 2 is 1.88 bits per heavy atom. The Morgan fingerprint density at radius 3 is 2.50 bits per heavy atom. The lowest BCUT2D eigenvalue weighted by molar-refractivity contribution is -0.123. The van der Waals surface area contributed by atoms with Crippen molar-refractivity contribution >= 4 is 5.91 Å². The molecule has 2 aromatic rings. The van der Waals surface area contributed by atoms with Crippen LogP contribution in [0.2, 0.25) is 0 Å². The Bertz CT molecular complexity index is 727. The second-order valence-electron chi connectivity index (χ2n) is 6.23. The van der Waals surface area contributed by atoms with Gasteiger partial charge in [0.25, 0.3) is 0 Å². The maximum absolute atomic E-state index is 13.7. The van der Waals surface area contributed by atoms with E-state index in [4.69, 9.17) is 0 Å². The highest BCUT2D eigenvalue weighted by molar-refractivity contribution is 5.83. The maximum Gasteiger partial charge on any atom is 0.241 e. The highest BCUT2D eigenvalue weighted by Gasteiger charge is 2.28. The highest BCUT2D eigenvalue weighted by Crippen LogP contribution is 2.22. The standard InChI is InChI=1S/C19H20F2N2O/c1-12-2-3-13(10-17(12)21)11-22-18(19(24)23-16-8-9-16)14-4-6-15(20)7-5-14/h2-7,10,16,18,22H,8-9,11H2,1H3,(H,23,24)/t18-/m1/s1. The minimum Gasteiger partial charge on any atom is -0.352 e. The van der Waals surface area contributed by atoms with Gasteiger partial charge in [0.1, 0.15) is 17.7 Å². The zero-order chi connectivity index (χ0) is 17.1. The van der Waals surface area contributed by atoms with Crippen molar-refractivity contribution in [3.63, 3.8) is 0 Å². The Kier molecular flexibility index (Phi) is 4.90. The van der Waals surface area contributed by atoms with Crippen LogP contribution in [-0.2, 0) is 11.3 Å². The van der Waals surface area contributed by atoms with E-state index >= 15 is 0 Å². The summed E-state index contributed by atoms with van der Waals surface area (Å²) in [5, 5.41) is 6.10. The third-order valence-corrected chi connectivity index (χ3v) is 4.14. The fourth-order valence-corrected chi connectivity index (χ4v) is 2.50. The van der Waals surface area contributed by atoms with Crippen LogP contribution in [-0.4, -0.2) is 11.9 Å². The van der Waals surface area contributed by atoms with E-state index in [0.29, 0.717) is 17.7 Å². The van der Waals surface area contributed by atoms with Gasteiger partial charge in [0.15, 0.2) is 0 Å². The number of nitrogens with one attached hydrogen (secondary N) is 2. The number of aryl methyl sites for hydroxylation is 1. The monoisotopic (exact) mass is 330 g/mol. The number of carbonyl (C=O) groups excluding carboxylic acids is 1. The molecule has 1 amide bonds. The first kappa shape index (κ1) is 16.6. The maximum atomic E-state index is 13.7. The number of rotatable bonds is 6.